The lowest BCUT2D eigenvalue weighted by Crippen LogP contribution is -2.63. The van der Waals surface area contributed by atoms with Gasteiger partial charge in [-0.25, -0.2) is 0 Å². The predicted molar refractivity (Wildman–Crippen MR) is 86.3 cm³/mol. The summed E-state index contributed by atoms with van der Waals surface area (Å²) in [6, 6.07) is 0.961. The predicted octanol–water partition coefficient (Wildman–Crippen LogP) is 0.517. The molecule has 5 nitrogen and oxygen atoms in total. The molecule has 2 fully saturated rings. The van der Waals surface area contributed by atoms with Crippen LogP contribution in [-0.2, 0) is 4.79 Å². The fraction of sp³-hybridized carbons (Fsp3) is 0.938. The van der Waals surface area contributed by atoms with Crippen LogP contribution in [0.5, 0.6) is 0 Å². The van der Waals surface area contributed by atoms with Crippen molar-refractivity contribution in [3.63, 3.8) is 0 Å². The van der Waals surface area contributed by atoms with Gasteiger partial charge in [-0.3, -0.25) is 14.6 Å². The van der Waals surface area contributed by atoms with Gasteiger partial charge in [0.15, 0.2) is 0 Å². The number of hydrogen-bond donors (Lipinski definition) is 2. The van der Waals surface area contributed by atoms with E-state index in [0.29, 0.717) is 24.5 Å². The van der Waals surface area contributed by atoms with E-state index in [4.69, 9.17) is 0 Å². The molecule has 2 aliphatic rings. The van der Waals surface area contributed by atoms with Gasteiger partial charge in [0.05, 0.1) is 6.54 Å². The Hall–Kier alpha value is -0.650. The van der Waals surface area contributed by atoms with Crippen LogP contribution in [0.3, 0.4) is 0 Å². The summed E-state index contributed by atoms with van der Waals surface area (Å²) in [4.78, 5) is 16.8. The first-order chi connectivity index (χ1) is 10.0. The summed E-state index contributed by atoms with van der Waals surface area (Å²) in [5.74, 6) is 0.893. The van der Waals surface area contributed by atoms with Gasteiger partial charge in [0, 0.05) is 51.4 Å². The number of likely N-dealkylation sites (tertiary alicyclic amines) is 1. The lowest BCUT2D eigenvalue weighted by Gasteiger charge is -2.46. The number of nitrogens with zero attached hydrogens (tertiary/aromatic N) is 2. The average molecular weight is 296 g/mol. The molecule has 122 valence electrons. The molecule has 0 spiro atoms. The van der Waals surface area contributed by atoms with E-state index in [9.17, 15) is 4.79 Å². The highest BCUT2D eigenvalue weighted by molar-refractivity contribution is 5.78. The molecule has 0 radical (unpaired) electrons. The molecular formula is C16H32N4O. The first-order valence-corrected chi connectivity index (χ1v) is 8.51. The molecule has 2 aliphatic heterocycles. The fourth-order valence-corrected chi connectivity index (χ4v) is 3.13. The Morgan fingerprint density at radius 1 is 1.19 bits per heavy atom. The van der Waals surface area contributed by atoms with Crippen LogP contribution >= 0.6 is 0 Å². The van der Waals surface area contributed by atoms with Gasteiger partial charge in [0.25, 0.3) is 0 Å². The molecule has 2 heterocycles. The molecule has 0 bridgehead atoms. The summed E-state index contributed by atoms with van der Waals surface area (Å²) in [5.41, 5.74) is 0. The van der Waals surface area contributed by atoms with Crippen LogP contribution in [0.15, 0.2) is 0 Å². The van der Waals surface area contributed by atoms with Crippen LogP contribution in [0.25, 0.3) is 0 Å². The second kappa shape index (κ2) is 8.11. The SMILES string of the molecule is CC(C)CCC(C)NC(=O)CN1CC(N2CCNCC2)C1. The molecule has 2 saturated heterocycles. The molecule has 0 aromatic rings. The molecule has 0 saturated carbocycles. The Bertz CT molecular complexity index is 322. The molecule has 2 N–H and O–H groups in total. The minimum atomic E-state index is 0.185. The molecule has 1 unspecified atom stereocenters. The van der Waals surface area contributed by atoms with Gasteiger partial charge in [-0.15, -0.1) is 0 Å². The molecule has 0 aromatic heterocycles. The standard InChI is InChI=1S/C16H32N4O/c1-13(2)4-5-14(3)18-16(21)12-19-10-15(11-19)20-8-6-17-7-9-20/h13-15,17H,4-12H2,1-3H3,(H,18,21). The van der Waals surface area contributed by atoms with Crippen LogP contribution in [0.4, 0.5) is 0 Å². The Balaban J connectivity index is 1.57. The fourth-order valence-electron chi connectivity index (χ4n) is 3.13. The van der Waals surface area contributed by atoms with Crippen molar-refractivity contribution in [2.24, 2.45) is 5.92 Å². The van der Waals surface area contributed by atoms with Crippen molar-refractivity contribution in [2.45, 2.75) is 45.7 Å². The van der Waals surface area contributed by atoms with Crippen molar-refractivity contribution in [1.82, 2.24) is 20.4 Å². The lowest BCUT2D eigenvalue weighted by atomic mass is 10.0. The largest absolute Gasteiger partial charge is 0.353 e. The van der Waals surface area contributed by atoms with Gasteiger partial charge in [0.1, 0.15) is 0 Å². The van der Waals surface area contributed by atoms with E-state index in [-0.39, 0.29) is 5.91 Å². The number of amides is 1. The Morgan fingerprint density at radius 2 is 1.86 bits per heavy atom. The van der Waals surface area contributed by atoms with E-state index in [1.54, 1.807) is 0 Å². The Labute approximate surface area is 129 Å². The highest BCUT2D eigenvalue weighted by atomic mass is 16.2. The minimum Gasteiger partial charge on any atom is -0.353 e. The highest BCUT2D eigenvalue weighted by Gasteiger charge is 2.33. The van der Waals surface area contributed by atoms with Gasteiger partial charge in [-0.2, -0.15) is 0 Å². The molecule has 0 aromatic carbocycles. The number of nitrogens with one attached hydrogen (secondary N) is 2. The van der Waals surface area contributed by atoms with Crippen molar-refractivity contribution >= 4 is 5.91 Å². The van der Waals surface area contributed by atoms with Gasteiger partial charge in [0.2, 0.25) is 5.91 Å². The summed E-state index contributed by atoms with van der Waals surface area (Å²) in [6.45, 7) is 13.7. The number of carbonyl (C=O) groups is 1. The molecule has 2 rings (SSSR count). The second-order valence-corrected chi connectivity index (χ2v) is 7.07. The highest BCUT2D eigenvalue weighted by Crippen LogP contribution is 2.15. The Morgan fingerprint density at radius 3 is 2.48 bits per heavy atom. The van der Waals surface area contributed by atoms with Crippen LogP contribution in [0.2, 0.25) is 0 Å². The molecule has 1 amide bonds. The maximum absolute atomic E-state index is 12.0. The quantitative estimate of drug-likeness (QED) is 0.719. The van der Waals surface area contributed by atoms with Crippen molar-refractivity contribution in [2.75, 3.05) is 45.8 Å². The van der Waals surface area contributed by atoms with Crippen molar-refractivity contribution < 1.29 is 4.79 Å². The van der Waals surface area contributed by atoms with Gasteiger partial charge in [-0.1, -0.05) is 13.8 Å². The van der Waals surface area contributed by atoms with Crippen LogP contribution in [0, 0.1) is 5.92 Å². The Kier molecular flexibility index (Phi) is 6.45. The van der Waals surface area contributed by atoms with E-state index in [2.05, 4.69) is 41.2 Å². The van der Waals surface area contributed by atoms with Crippen LogP contribution < -0.4 is 10.6 Å². The van der Waals surface area contributed by atoms with Gasteiger partial charge in [-0.05, 0) is 25.7 Å². The van der Waals surface area contributed by atoms with Crippen molar-refractivity contribution in [1.29, 1.82) is 0 Å². The molecule has 5 heteroatoms. The zero-order valence-corrected chi connectivity index (χ0v) is 13.9. The summed E-state index contributed by atoms with van der Waals surface area (Å²) in [6.07, 6.45) is 2.25. The third-order valence-corrected chi connectivity index (χ3v) is 4.56. The number of carbonyl (C=O) groups excluding carboxylic acids is 1. The summed E-state index contributed by atoms with van der Waals surface area (Å²) in [5, 5.41) is 6.51. The third-order valence-electron chi connectivity index (χ3n) is 4.56. The van der Waals surface area contributed by atoms with Crippen LogP contribution in [0.1, 0.15) is 33.6 Å². The third kappa shape index (κ3) is 5.57. The lowest BCUT2D eigenvalue weighted by molar-refractivity contribution is -0.124. The van der Waals surface area contributed by atoms with E-state index in [1.165, 1.54) is 6.42 Å². The van der Waals surface area contributed by atoms with Gasteiger partial charge >= 0.3 is 0 Å². The first-order valence-electron chi connectivity index (χ1n) is 8.51. The summed E-state index contributed by atoms with van der Waals surface area (Å²) in [7, 11) is 0. The second-order valence-electron chi connectivity index (χ2n) is 7.07. The maximum Gasteiger partial charge on any atom is 0.234 e. The minimum absolute atomic E-state index is 0.185. The number of hydrogen-bond acceptors (Lipinski definition) is 4. The molecule has 0 aliphatic carbocycles. The van der Waals surface area contributed by atoms with Gasteiger partial charge < -0.3 is 10.6 Å². The van der Waals surface area contributed by atoms with E-state index < -0.39 is 0 Å². The smallest absolute Gasteiger partial charge is 0.234 e. The monoisotopic (exact) mass is 296 g/mol. The molecule has 1 atom stereocenters. The topological polar surface area (TPSA) is 47.6 Å². The number of piperazine rings is 1. The summed E-state index contributed by atoms with van der Waals surface area (Å²) < 4.78 is 0. The molecular weight excluding hydrogens is 264 g/mol. The average Bonchev–Trinajstić information content (AvgIpc) is 2.41. The maximum atomic E-state index is 12.0. The van der Waals surface area contributed by atoms with E-state index >= 15 is 0 Å². The zero-order chi connectivity index (χ0) is 15.2. The number of rotatable bonds is 7. The van der Waals surface area contributed by atoms with Crippen LogP contribution in [-0.4, -0.2) is 73.6 Å². The zero-order valence-electron chi connectivity index (χ0n) is 13.9. The summed E-state index contributed by atoms with van der Waals surface area (Å²) >= 11 is 0. The van der Waals surface area contributed by atoms with Crippen molar-refractivity contribution in [3.05, 3.63) is 0 Å². The first kappa shape index (κ1) is 16.7. The molecule has 21 heavy (non-hydrogen) atoms. The van der Waals surface area contributed by atoms with Crippen molar-refractivity contribution in [3.8, 4) is 0 Å². The van der Waals surface area contributed by atoms with E-state index in [0.717, 1.165) is 45.7 Å². The normalized spacial score (nSPS) is 23.0. The van der Waals surface area contributed by atoms with E-state index in [1.807, 2.05) is 0 Å².